The molecule has 0 spiro atoms. The van der Waals surface area contributed by atoms with E-state index in [1.54, 1.807) is 16.7 Å². The van der Waals surface area contributed by atoms with Crippen molar-refractivity contribution in [2.45, 2.75) is 19.9 Å². The van der Waals surface area contributed by atoms with Crippen LogP contribution in [0.5, 0.6) is 0 Å². The number of nitrogens with zero attached hydrogens (tertiary/aromatic N) is 5. The number of rotatable bonds is 6. The van der Waals surface area contributed by atoms with Crippen molar-refractivity contribution in [2.75, 3.05) is 5.43 Å². The van der Waals surface area contributed by atoms with E-state index in [9.17, 15) is 19.7 Å². The molecule has 1 aromatic carbocycles. The van der Waals surface area contributed by atoms with Crippen molar-refractivity contribution in [3.05, 3.63) is 60.8 Å². The number of nitrogens with one attached hydrogen (secondary N) is 2. The van der Waals surface area contributed by atoms with E-state index in [0.717, 1.165) is 6.42 Å². The molecule has 0 amide bonds. The Labute approximate surface area is 152 Å². The maximum Gasteiger partial charge on any atom is 0.329 e. The number of nitro groups is 1. The summed E-state index contributed by atoms with van der Waals surface area (Å²) in [5.41, 5.74) is 2.89. The van der Waals surface area contributed by atoms with Crippen LogP contribution >= 0.6 is 0 Å². The fraction of sp³-hybridized carbons (Fsp3) is 0.250. The topological polar surface area (TPSA) is 140 Å². The molecule has 0 atom stereocenters. The predicted molar refractivity (Wildman–Crippen MR) is 100 cm³/mol. The molecule has 11 nitrogen and oxygen atoms in total. The zero-order chi connectivity index (χ0) is 19.6. The van der Waals surface area contributed by atoms with Crippen LogP contribution in [-0.4, -0.2) is 30.2 Å². The van der Waals surface area contributed by atoms with Crippen molar-refractivity contribution in [1.82, 2.24) is 19.1 Å². The molecule has 3 rings (SSSR count). The third-order valence-corrected chi connectivity index (χ3v) is 3.94. The Morgan fingerprint density at radius 3 is 2.67 bits per heavy atom. The predicted octanol–water partition coefficient (Wildman–Crippen LogP) is 1.19. The normalized spacial score (nSPS) is 11.3. The molecular formula is C16H17N7O4. The van der Waals surface area contributed by atoms with E-state index in [2.05, 4.69) is 20.5 Å². The van der Waals surface area contributed by atoms with E-state index in [0.29, 0.717) is 18.1 Å². The van der Waals surface area contributed by atoms with Crippen LogP contribution < -0.4 is 16.7 Å². The van der Waals surface area contributed by atoms with E-state index in [1.807, 2.05) is 6.92 Å². The summed E-state index contributed by atoms with van der Waals surface area (Å²) in [5.74, 6) is 0.316. The minimum absolute atomic E-state index is 0.00927. The molecule has 0 aliphatic rings. The molecule has 0 unspecified atom stereocenters. The molecule has 0 saturated carbocycles. The number of non-ortho nitro benzene ring substituents is 1. The average Bonchev–Trinajstić information content (AvgIpc) is 3.00. The van der Waals surface area contributed by atoms with Gasteiger partial charge in [-0.15, -0.1) is 0 Å². The first-order valence-corrected chi connectivity index (χ1v) is 8.15. The van der Waals surface area contributed by atoms with Gasteiger partial charge in [-0.25, -0.2) is 10.2 Å². The standard InChI is InChI=1S/C16H17N7O4/c1-3-8-22-12-13(21(2)16(25)19-14(12)24)18-15(22)20-17-9-10-4-6-11(7-5-10)23(26)27/h4-7,9H,3,8H2,1-2H3,(H,18,20)(H,19,24,25)/b17-9+. The van der Waals surface area contributed by atoms with Crippen LogP contribution in [0.15, 0.2) is 39.0 Å². The van der Waals surface area contributed by atoms with Gasteiger partial charge in [-0.3, -0.25) is 24.5 Å². The first-order chi connectivity index (χ1) is 12.9. The lowest BCUT2D eigenvalue weighted by atomic mass is 10.2. The lowest BCUT2D eigenvalue weighted by Crippen LogP contribution is -2.29. The quantitative estimate of drug-likeness (QED) is 0.379. The Bertz CT molecular complexity index is 1140. The van der Waals surface area contributed by atoms with Gasteiger partial charge in [-0.05, 0) is 24.1 Å². The third kappa shape index (κ3) is 3.47. The highest BCUT2D eigenvalue weighted by molar-refractivity contribution is 5.81. The summed E-state index contributed by atoms with van der Waals surface area (Å²) in [7, 11) is 1.52. The molecule has 2 aromatic heterocycles. The Hall–Kier alpha value is -3.76. The van der Waals surface area contributed by atoms with Crippen LogP contribution in [0.1, 0.15) is 18.9 Å². The van der Waals surface area contributed by atoms with Gasteiger partial charge in [0.1, 0.15) is 0 Å². The highest BCUT2D eigenvalue weighted by Crippen LogP contribution is 2.16. The van der Waals surface area contributed by atoms with Gasteiger partial charge in [0.05, 0.1) is 11.1 Å². The van der Waals surface area contributed by atoms with Crippen molar-refractivity contribution in [1.29, 1.82) is 0 Å². The number of fused-ring (bicyclic) bond motifs is 1. The molecular weight excluding hydrogens is 354 g/mol. The van der Waals surface area contributed by atoms with Gasteiger partial charge in [-0.1, -0.05) is 6.92 Å². The van der Waals surface area contributed by atoms with Gasteiger partial charge < -0.3 is 4.57 Å². The lowest BCUT2D eigenvalue weighted by Gasteiger charge is -2.05. The van der Waals surface area contributed by atoms with Gasteiger partial charge >= 0.3 is 5.69 Å². The Morgan fingerprint density at radius 2 is 2.04 bits per heavy atom. The summed E-state index contributed by atoms with van der Waals surface area (Å²) >= 11 is 0. The van der Waals surface area contributed by atoms with Crippen LogP contribution in [0.25, 0.3) is 11.2 Å². The fourth-order valence-electron chi connectivity index (χ4n) is 2.61. The zero-order valence-corrected chi connectivity index (χ0v) is 14.7. The number of benzene rings is 1. The lowest BCUT2D eigenvalue weighted by molar-refractivity contribution is -0.384. The largest absolute Gasteiger partial charge is 0.329 e. The number of anilines is 1. The summed E-state index contributed by atoms with van der Waals surface area (Å²) in [6, 6.07) is 5.88. The molecule has 0 fully saturated rings. The second-order valence-electron chi connectivity index (χ2n) is 5.80. The molecule has 0 bridgehead atoms. The Kier molecular flexibility index (Phi) is 4.83. The number of aromatic nitrogens is 4. The van der Waals surface area contributed by atoms with Gasteiger partial charge in [0, 0.05) is 25.7 Å². The van der Waals surface area contributed by atoms with Crippen molar-refractivity contribution in [2.24, 2.45) is 12.1 Å². The molecule has 0 radical (unpaired) electrons. The highest BCUT2D eigenvalue weighted by Gasteiger charge is 2.16. The van der Waals surface area contributed by atoms with E-state index in [-0.39, 0.29) is 16.9 Å². The molecule has 0 aliphatic carbocycles. The first-order valence-electron chi connectivity index (χ1n) is 8.15. The number of aryl methyl sites for hydroxylation is 2. The Morgan fingerprint density at radius 1 is 1.33 bits per heavy atom. The number of H-pyrrole nitrogens is 1. The van der Waals surface area contributed by atoms with Crippen molar-refractivity contribution in [3.8, 4) is 0 Å². The number of hydrazone groups is 1. The minimum atomic E-state index is -0.547. The third-order valence-electron chi connectivity index (χ3n) is 3.94. The summed E-state index contributed by atoms with van der Waals surface area (Å²) in [5, 5.41) is 14.7. The van der Waals surface area contributed by atoms with Gasteiger partial charge in [-0.2, -0.15) is 10.1 Å². The van der Waals surface area contributed by atoms with Crippen LogP contribution in [0, 0.1) is 10.1 Å². The van der Waals surface area contributed by atoms with Gasteiger partial charge in [0.25, 0.3) is 11.2 Å². The second kappa shape index (κ2) is 7.23. The molecule has 140 valence electrons. The molecule has 2 heterocycles. The molecule has 0 saturated heterocycles. The number of hydrogen-bond donors (Lipinski definition) is 2. The maximum absolute atomic E-state index is 12.2. The van der Waals surface area contributed by atoms with Crippen LogP contribution in [-0.2, 0) is 13.6 Å². The zero-order valence-electron chi connectivity index (χ0n) is 14.7. The molecule has 11 heteroatoms. The van der Waals surface area contributed by atoms with Crippen molar-refractivity contribution in [3.63, 3.8) is 0 Å². The van der Waals surface area contributed by atoms with E-state index >= 15 is 0 Å². The van der Waals surface area contributed by atoms with Crippen LogP contribution in [0.3, 0.4) is 0 Å². The SMILES string of the molecule is CCCn1c(N/N=C/c2ccc([N+](=O)[O-])cc2)nc2c1c(=O)[nH]c(=O)n2C. The van der Waals surface area contributed by atoms with Gasteiger partial charge in [0.15, 0.2) is 11.2 Å². The Balaban J connectivity index is 1.94. The summed E-state index contributed by atoms with van der Waals surface area (Å²) in [6.45, 7) is 2.46. The summed E-state index contributed by atoms with van der Waals surface area (Å²) in [6.07, 6.45) is 2.22. The second-order valence-corrected chi connectivity index (χ2v) is 5.80. The van der Waals surface area contributed by atoms with Crippen LogP contribution in [0.2, 0.25) is 0 Å². The average molecular weight is 371 g/mol. The van der Waals surface area contributed by atoms with Crippen molar-refractivity contribution >= 4 is 29.0 Å². The molecule has 0 aliphatic heterocycles. The fourth-order valence-corrected chi connectivity index (χ4v) is 2.61. The monoisotopic (exact) mass is 371 g/mol. The van der Waals surface area contributed by atoms with E-state index in [4.69, 9.17) is 0 Å². The number of aromatic amines is 1. The van der Waals surface area contributed by atoms with E-state index < -0.39 is 16.2 Å². The van der Waals surface area contributed by atoms with E-state index in [1.165, 1.54) is 30.0 Å². The van der Waals surface area contributed by atoms with Gasteiger partial charge in [0.2, 0.25) is 5.95 Å². The molecule has 27 heavy (non-hydrogen) atoms. The smallest absolute Gasteiger partial charge is 0.303 e. The highest BCUT2D eigenvalue weighted by atomic mass is 16.6. The number of hydrogen-bond acceptors (Lipinski definition) is 7. The maximum atomic E-state index is 12.2. The molecule has 3 aromatic rings. The summed E-state index contributed by atoms with van der Waals surface area (Å²) in [4.78, 5) is 40.7. The molecule has 2 N–H and O–H groups in total. The first kappa shape index (κ1) is 18.0. The van der Waals surface area contributed by atoms with Crippen LogP contribution in [0.4, 0.5) is 11.6 Å². The van der Waals surface area contributed by atoms with Crippen molar-refractivity contribution < 1.29 is 4.92 Å². The minimum Gasteiger partial charge on any atom is -0.303 e. The number of nitro benzene ring substituents is 1. The number of imidazole rings is 1. The summed E-state index contributed by atoms with van der Waals surface area (Å²) < 4.78 is 2.91.